The molecule has 1 unspecified atom stereocenters. The van der Waals surface area contributed by atoms with Gasteiger partial charge in [0.1, 0.15) is 0 Å². The van der Waals surface area contributed by atoms with E-state index in [-0.39, 0.29) is 17.9 Å². The molecular formula is C18H24N4O2. The maximum atomic E-state index is 12.5. The number of hydrogen-bond donors (Lipinski definition) is 1. The second-order valence-electron chi connectivity index (χ2n) is 6.13. The molecule has 0 bridgehead atoms. The average molecular weight is 328 g/mol. The van der Waals surface area contributed by atoms with Crippen molar-refractivity contribution in [3.63, 3.8) is 0 Å². The zero-order valence-electron chi connectivity index (χ0n) is 14.3. The Balaban J connectivity index is 1.82. The molecule has 24 heavy (non-hydrogen) atoms. The maximum Gasteiger partial charge on any atom is 0.253 e. The van der Waals surface area contributed by atoms with Gasteiger partial charge in [-0.1, -0.05) is 6.92 Å². The van der Waals surface area contributed by atoms with Gasteiger partial charge in [-0.15, -0.1) is 0 Å². The van der Waals surface area contributed by atoms with Crippen LogP contribution >= 0.6 is 0 Å². The molecule has 2 rings (SSSR count). The number of hydrogen-bond acceptors (Lipinski definition) is 4. The first-order valence-electron chi connectivity index (χ1n) is 8.34. The molecule has 128 valence electrons. The largest absolute Gasteiger partial charge is 0.353 e. The number of carbonyl (C=O) groups is 2. The Morgan fingerprint density at radius 2 is 1.83 bits per heavy atom. The van der Waals surface area contributed by atoms with Crippen LogP contribution < -0.4 is 5.32 Å². The van der Waals surface area contributed by atoms with Crippen molar-refractivity contribution in [1.29, 1.82) is 5.26 Å². The normalized spacial score (nSPS) is 16.3. The van der Waals surface area contributed by atoms with E-state index in [1.807, 2.05) is 19.9 Å². The number of benzene rings is 1. The lowest BCUT2D eigenvalue weighted by Gasteiger charge is -2.34. The lowest BCUT2D eigenvalue weighted by molar-refractivity contribution is -0.123. The number of nitrogens with one attached hydrogen (secondary N) is 1. The summed E-state index contributed by atoms with van der Waals surface area (Å²) in [5.41, 5.74) is 1.14. The molecule has 0 aromatic heterocycles. The minimum Gasteiger partial charge on any atom is -0.353 e. The minimum atomic E-state index is -0.0248. The van der Waals surface area contributed by atoms with Crippen LogP contribution in [0.15, 0.2) is 24.3 Å². The van der Waals surface area contributed by atoms with Crippen molar-refractivity contribution < 1.29 is 9.59 Å². The summed E-state index contributed by atoms with van der Waals surface area (Å²) in [5.74, 6) is 0.0133. The molecule has 1 heterocycles. The van der Waals surface area contributed by atoms with Crippen LogP contribution in [0.2, 0.25) is 0 Å². The molecule has 0 spiro atoms. The van der Waals surface area contributed by atoms with Crippen LogP contribution in [0.25, 0.3) is 0 Å². The Morgan fingerprint density at radius 1 is 1.21 bits per heavy atom. The quantitative estimate of drug-likeness (QED) is 0.882. The first-order valence-corrected chi connectivity index (χ1v) is 8.34. The highest BCUT2D eigenvalue weighted by molar-refractivity contribution is 5.94. The average Bonchev–Trinajstić information content (AvgIpc) is 2.61. The van der Waals surface area contributed by atoms with Gasteiger partial charge in [0.25, 0.3) is 5.91 Å². The van der Waals surface area contributed by atoms with Gasteiger partial charge in [0, 0.05) is 37.8 Å². The molecule has 1 saturated heterocycles. The van der Waals surface area contributed by atoms with Crippen LogP contribution in [0.3, 0.4) is 0 Å². The standard InChI is InChI=1S/C18H24N4O2/c1-3-14(2)20-17(23)13-21-8-10-22(11-9-21)18(24)16-6-4-15(12-19)5-7-16/h4-7,14H,3,8-11,13H2,1-2H3,(H,20,23). The first-order chi connectivity index (χ1) is 11.5. The second kappa shape index (κ2) is 8.46. The predicted octanol–water partition coefficient (Wildman–Crippen LogP) is 1.23. The molecule has 1 aliphatic rings. The van der Waals surface area contributed by atoms with Crippen molar-refractivity contribution in [1.82, 2.24) is 15.1 Å². The minimum absolute atomic E-state index is 0.0248. The van der Waals surface area contributed by atoms with Crippen LogP contribution in [-0.4, -0.2) is 60.4 Å². The fourth-order valence-electron chi connectivity index (χ4n) is 2.60. The number of rotatable bonds is 5. The molecule has 1 aromatic rings. The van der Waals surface area contributed by atoms with Crippen molar-refractivity contribution in [2.45, 2.75) is 26.3 Å². The van der Waals surface area contributed by atoms with Gasteiger partial charge in [-0.25, -0.2) is 0 Å². The fraction of sp³-hybridized carbons (Fsp3) is 0.500. The summed E-state index contributed by atoms with van der Waals surface area (Å²) < 4.78 is 0. The van der Waals surface area contributed by atoms with Crippen LogP contribution in [-0.2, 0) is 4.79 Å². The fourth-order valence-corrected chi connectivity index (χ4v) is 2.60. The maximum absolute atomic E-state index is 12.5. The van der Waals surface area contributed by atoms with Gasteiger partial charge >= 0.3 is 0 Å². The first kappa shape index (κ1) is 18.0. The molecule has 6 nitrogen and oxygen atoms in total. The lowest BCUT2D eigenvalue weighted by atomic mass is 10.1. The van der Waals surface area contributed by atoms with Crippen molar-refractivity contribution in [3.8, 4) is 6.07 Å². The number of amides is 2. The SMILES string of the molecule is CCC(C)NC(=O)CN1CCN(C(=O)c2ccc(C#N)cc2)CC1. The number of piperazine rings is 1. The molecule has 0 aliphatic carbocycles. The highest BCUT2D eigenvalue weighted by Crippen LogP contribution is 2.10. The van der Waals surface area contributed by atoms with Crippen LogP contribution in [0, 0.1) is 11.3 Å². The Hall–Kier alpha value is -2.39. The van der Waals surface area contributed by atoms with Crippen molar-refractivity contribution in [2.24, 2.45) is 0 Å². The third-order valence-electron chi connectivity index (χ3n) is 4.31. The Kier molecular flexibility index (Phi) is 6.33. The molecule has 0 saturated carbocycles. The van der Waals surface area contributed by atoms with Crippen molar-refractivity contribution >= 4 is 11.8 Å². The Bertz CT molecular complexity index is 613. The van der Waals surface area contributed by atoms with Crippen LogP contribution in [0.1, 0.15) is 36.2 Å². The zero-order valence-corrected chi connectivity index (χ0v) is 14.3. The van der Waals surface area contributed by atoms with Gasteiger partial charge in [0.15, 0.2) is 0 Å². The highest BCUT2D eigenvalue weighted by atomic mass is 16.2. The van der Waals surface area contributed by atoms with Gasteiger partial charge in [-0.05, 0) is 37.6 Å². The van der Waals surface area contributed by atoms with E-state index in [0.29, 0.717) is 43.9 Å². The summed E-state index contributed by atoms with van der Waals surface area (Å²) in [5, 5.41) is 11.8. The number of nitrogens with zero attached hydrogens (tertiary/aromatic N) is 3. The zero-order chi connectivity index (χ0) is 17.5. The summed E-state index contributed by atoms with van der Waals surface area (Å²) >= 11 is 0. The van der Waals surface area contributed by atoms with E-state index in [1.165, 1.54) is 0 Å². The number of carbonyl (C=O) groups excluding carboxylic acids is 2. The van der Waals surface area contributed by atoms with Gasteiger partial charge in [-0.3, -0.25) is 14.5 Å². The van der Waals surface area contributed by atoms with Crippen molar-refractivity contribution in [2.75, 3.05) is 32.7 Å². The van der Waals surface area contributed by atoms with Crippen LogP contribution in [0.4, 0.5) is 0 Å². The Morgan fingerprint density at radius 3 is 2.38 bits per heavy atom. The van der Waals surface area contributed by atoms with E-state index in [4.69, 9.17) is 5.26 Å². The number of nitriles is 1. The molecule has 1 fully saturated rings. The second-order valence-corrected chi connectivity index (χ2v) is 6.13. The molecule has 2 amide bonds. The molecular weight excluding hydrogens is 304 g/mol. The van der Waals surface area contributed by atoms with Gasteiger partial charge in [0.05, 0.1) is 18.2 Å². The van der Waals surface area contributed by atoms with Gasteiger partial charge in [-0.2, -0.15) is 5.26 Å². The molecule has 1 aromatic carbocycles. The third-order valence-corrected chi connectivity index (χ3v) is 4.31. The predicted molar refractivity (Wildman–Crippen MR) is 91.4 cm³/mol. The third kappa shape index (κ3) is 4.80. The van der Waals surface area contributed by atoms with Gasteiger partial charge in [0.2, 0.25) is 5.91 Å². The topological polar surface area (TPSA) is 76.4 Å². The summed E-state index contributed by atoms with van der Waals surface area (Å²) in [6, 6.07) is 8.92. The molecule has 6 heteroatoms. The smallest absolute Gasteiger partial charge is 0.253 e. The van der Waals surface area contributed by atoms with E-state index in [9.17, 15) is 9.59 Å². The molecule has 0 radical (unpaired) electrons. The van der Waals surface area contributed by atoms with Gasteiger partial charge < -0.3 is 10.2 Å². The molecule has 1 atom stereocenters. The Labute approximate surface area is 143 Å². The van der Waals surface area contributed by atoms with E-state index in [1.54, 1.807) is 29.2 Å². The van der Waals surface area contributed by atoms with E-state index in [2.05, 4.69) is 10.2 Å². The monoisotopic (exact) mass is 328 g/mol. The van der Waals surface area contributed by atoms with Crippen molar-refractivity contribution in [3.05, 3.63) is 35.4 Å². The molecule has 1 N–H and O–H groups in total. The summed E-state index contributed by atoms with van der Waals surface area (Å²) in [4.78, 5) is 28.2. The summed E-state index contributed by atoms with van der Waals surface area (Å²) in [6.07, 6.45) is 0.915. The van der Waals surface area contributed by atoms with Crippen LogP contribution in [0.5, 0.6) is 0 Å². The van der Waals surface area contributed by atoms with E-state index in [0.717, 1.165) is 6.42 Å². The van der Waals surface area contributed by atoms with E-state index >= 15 is 0 Å². The summed E-state index contributed by atoms with van der Waals surface area (Å²) in [6.45, 7) is 7.00. The summed E-state index contributed by atoms with van der Waals surface area (Å²) in [7, 11) is 0. The lowest BCUT2D eigenvalue weighted by Crippen LogP contribution is -2.51. The molecule has 1 aliphatic heterocycles. The van der Waals surface area contributed by atoms with E-state index < -0.39 is 0 Å². The highest BCUT2D eigenvalue weighted by Gasteiger charge is 2.23.